The first-order chi connectivity index (χ1) is 13.7. The maximum atomic E-state index is 12.1. The number of ether oxygens (including phenoxy) is 2. The third kappa shape index (κ3) is 5.75. The Bertz CT molecular complexity index is 912. The van der Waals surface area contributed by atoms with Gasteiger partial charge in [0.05, 0.1) is 12.9 Å². The Morgan fingerprint density at radius 3 is 2.75 bits per heavy atom. The zero-order chi connectivity index (χ0) is 19.8. The van der Waals surface area contributed by atoms with Gasteiger partial charge in [-0.2, -0.15) is 0 Å². The molecule has 3 aromatic rings. The zero-order valence-corrected chi connectivity index (χ0v) is 16.6. The minimum atomic E-state index is -0.142. The summed E-state index contributed by atoms with van der Waals surface area (Å²) in [5, 5.41) is 10.3. The molecule has 0 unspecified atom stereocenters. The van der Waals surface area contributed by atoms with Gasteiger partial charge in [0.1, 0.15) is 18.1 Å². The molecule has 1 amide bonds. The van der Waals surface area contributed by atoms with E-state index in [1.807, 2.05) is 36.4 Å². The largest absolute Gasteiger partial charge is 0.497 e. The third-order valence-corrected chi connectivity index (χ3v) is 4.75. The Morgan fingerprint density at radius 2 is 2.00 bits per heavy atom. The predicted octanol–water partition coefficient (Wildman–Crippen LogP) is 3.69. The number of anilines is 1. The van der Waals surface area contributed by atoms with E-state index >= 15 is 0 Å². The highest BCUT2D eigenvalue weighted by molar-refractivity contribution is 7.99. The summed E-state index contributed by atoms with van der Waals surface area (Å²) < 4.78 is 10.8. The van der Waals surface area contributed by atoms with Crippen LogP contribution in [0.1, 0.15) is 18.3 Å². The molecule has 0 saturated heterocycles. The first-order valence-corrected chi connectivity index (χ1v) is 9.84. The van der Waals surface area contributed by atoms with Crippen LogP contribution in [0.25, 0.3) is 0 Å². The van der Waals surface area contributed by atoms with Crippen molar-refractivity contribution in [2.45, 2.75) is 25.1 Å². The number of aryl methyl sites for hydroxylation is 1. The van der Waals surface area contributed by atoms with Crippen LogP contribution in [0.4, 0.5) is 5.69 Å². The Kier molecular flexibility index (Phi) is 6.91. The topological polar surface area (TPSA) is 89.1 Å². The van der Waals surface area contributed by atoms with Crippen molar-refractivity contribution >= 4 is 23.4 Å². The Morgan fingerprint density at radius 1 is 1.18 bits per heavy atom. The molecule has 3 rings (SSSR count). The van der Waals surface area contributed by atoms with Gasteiger partial charge in [-0.25, -0.2) is 4.98 Å². The lowest BCUT2D eigenvalue weighted by Crippen LogP contribution is -2.14. The number of carbonyl (C=O) groups excluding carboxylic acids is 1. The third-order valence-electron chi connectivity index (χ3n) is 3.90. The Hall–Kier alpha value is -3.00. The summed E-state index contributed by atoms with van der Waals surface area (Å²) in [5.41, 5.74) is 1.95. The molecule has 1 heterocycles. The molecule has 2 N–H and O–H groups in total. The minimum absolute atomic E-state index is 0.142. The fraction of sp³-hybridized carbons (Fsp3) is 0.250. The highest BCUT2D eigenvalue weighted by Crippen LogP contribution is 2.18. The summed E-state index contributed by atoms with van der Waals surface area (Å²) in [5.74, 6) is 2.13. The van der Waals surface area contributed by atoms with Gasteiger partial charge in [-0.05, 0) is 36.2 Å². The fourth-order valence-corrected chi connectivity index (χ4v) is 3.03. The van der Waals surface area contributed by atoms with E-state index in [1.54, 1.807) is 19.2 Å². The number of benzene rings is 2. The number of rotatable bonds is 9. The van der Waals surface area contributed by atoms with Gasteiger partial charge in [0.25, 0.3) is 0 Å². The van der Waals surface area contributed by atoms with E-state index in [4.69, 9.17) is 9.47 Å². The van der Waals surface area contributed by atoms with Crippen molar-refractivity contribution in [2.75, 3.05) is 18.2 Å². The summed E-state index contributed by atoms with van der Waals surface area (Å²) in [7, 11) is 1.58. The monoisotopic (exact) mass is 398 g/mol. The SMILES string of the molecule is CCc1ccc(OCc2nc(SCC(=O)Nc3cccc(OC)c3)n[nH]2)cc1. The summed E-state index contributed by atoms with van der Waals surface area (Å²) in [6, 6.07) is 15.2. The maximum Gasteiger partial charge on any atom is 0.234 e. The molecule has 2 aromatic carbocycles. The lowest BCUT2D eigenvalue weighted by Gasteiger charge is -2.06. The average molecular weight is 398 g/mol. The molecule has 0 fully saturated rings. The number of aromatic nitrogens is 3. The van der Waals surface area contributed by atoms with Crippen molar-refractivity contribution in [1.29, 1.82) is 0 Å². The number of nitrogens with zero attached hydrogens (tertiary/aromatic N) is 2. The van der Waals surface area contributed by atoms with Crippen molar-refractivity contribution in [3.63, 3.8) is 0 Å². The summed E-state index contributed by atoms with van der Waals surface area (Å²) in [4.78, 5) is 16.4. The second-order valence-corrected chi connectivity index (χ2v) is 6.86. The van der Waals surface area contributed by atoms with E-state index < -0.39 is 0 Å². The van der Waals surface area contributed by atoms with Crippen LogP contribution in [0.5, 0.6) is 11.5 Å². The molecular formula is C20H22N4O3S. The number of thioether (sulfide) groups is 1. The maximum absolute atomic E-state index is 12.1. The number of amides is 1. The van der Waals surface area contributed by atoms with Crippen LogP contribution in [0.3, 0.4) is 0 Å². The Balaban J connectivity index is 1.45. The van der Waals surface area contributed by atoms with Gasteiger partial charge in [-0.15, -0.1) is 5.10 Å². The van der Waals surface area contributed by atoms with Crippen molar-refractivity contribution < 1.29 is 14.3 Å². The van der Waals surface area contributed by atoms with Gasteiger partial charge in [0, 0.05) is 11.8 Å². The highest BCUT2D eigenvalue weighted by Gasteiger charge is 2.09. The highest BCUT2D eigenvalue weighted by atomic mass is 32.2. The number of aromatic amines is 1. The molecule has 0 radical (unpaired) electrons. The predicted molar refractivity (Wildman–Crippen MR) is 109 cm³/mol. The van der Waals surface area contributed by atoms with Crippen LogP contribution in [0, 0.1) is 0 Å². The van der Waals surface area contributed by atoms with Crippen LogP contribution in [0.2, 0.25) is 0 Å². The lowest BCUT2D eigenvalue weighted by molar-refractivity contribution is -0.113. The van der Waals surface area contributed by atoms with Gasteiger partial charge in [0.2, 0.25) is 11.1 Å². The van der Waals surface area contributed by atoms with E-state index in [0.717, 1.165) is 12.2 Å². The van der Waals surface area contributed by atoms with Crippen LogP contribution in [-0.4, -0.2) is 34.0 Å². The molecule has 0 saturated carbocycles. The van der Waals surface area contributed by atoms with E-state index in [-0.39, 0.29) is 18.3 Å². The second kappa shape index (κ2) is 9.80. The second-order valence-electron chi connectivity index (χ2n) is 5.92. The summed E-state index contributed by atoms with van der Waals surface area (Å²) in [6.45, 7) is 2.40. The molecule has 0 aliphatic heterocycles. The van der Waals surface area contributed by atoms with Crippen LogP contribution in [-0.2, 0) is 17.8 Å². The smallest absolute Gasteiger partial charge is 0.234 e. The summed E-state index contributed by atoms with van der Waals surface area (Å²) >= 11 is 1.25. The molecule has 0 aliphatic carbocycles. The quantitative estimate of drug-likeness (QED) is 0.535. The average Bonchev–Trinajstić information content (AvgIpc) is 3.19. The first-order valence-electron chi connectivity index (χ1n) is 8.86. The standard InChI is InChI=1S/C20H22N4O3S/c1-3-14-7-9-16(10-8-14)27-12-18-22-20(24-23-18)28-13-19(25)21-15-5-4-6-17(11-15)26-2/h4-11H,3,12-13H2,1-2H3,(H,21,25)(H,22,23,24). The minimum Gasteiger partial charge on any atom is -0.497 e. The Labute approximate surface area is 167 Å². The molecule has 0 bridgehead atoms. The molecule has 0 aliphatic rings. The zero-order valence-electron chi connectivity index (χ0n) is 15.8. The summed E-state index contributed by atoms with van der Waals surface area (Å²) in [6.07, 6.45) is 0.994. The fourth-order valence-electron chi connectivity index (χ4n) is 2.41. The van der Waals surface area contributed by atoms with Crippen molar-refractivity contribution in [2.24, 2.45) is 0 Å². The van der Waals surface area contributed by atoms with Crippen molar-refractivity contribution in [1.82, 2.24) is 15.2 Å². The molecule has 1 aromatic heterocycles. The number of H-pyrrole nitrogens is 1. The number of methoxy groups -OCH3 is 1. The van der Waals surface area contributed by atoms with Crippen molar-refractivity contribution in [3.05, 3.63) is 59.9 Å². The van der Waals surface area contributed by atoms with Gasteiger partial charge >= 0.3 is 0 Å². The van der Waals surface area contributed by atoms with E-state index in [2.05, 4.69) is 27.4 Å². The van der Waals surface area contributed by atoms with Crippen LogP contribution >= 0.6 is 11.8 Å². The molecular weight excluding hydrogens is 376 g/mol. The molecule has 8 heteroatoms. The number of hydrogen-bond donors (Lipinski definition) is 2. The molecule has 0 atom stereocenters. The van der Waals surface area contributed by atoms with Gasteiger partial charge in [-0.3, -0.25) is 9.89 Å². The van der Waals surface area contributed by atoms with Crippen molar-refractivity contribution in [3.8, 4) is 11.5 Å². The normalized spacial score (nSPS) is 10.5. The molecule has 28 heavy (non-hydrogen) atoms. The molecule has 7 nitrogen and oxygen atoms in total. The lowest BCUT2D eigenvalue weighted by atomic mass is 10.2. The van der Waals surface area contributed by atoms with Gasteiger partial charge in [0.15, 0.2) is 5.82 Å². The van der Waals surface area contributed by atoms with E-state index in [9.17, 15) is 4.79 Å². The number of nitrogens with one attached hydrogen (secondary N) is 2. The molecule has 146 valence electrons. The molecule has 0 spiro atoms. The van der Waals surface area contributed by atoms with Crippen LogP contribution in [0.15, 0.2) is 53.7 Å². The van der Waals surface area contributed by atoms with Gasteiger partial charge in [-0.1, -0.05) is 36.9 Å². The van der Waals surface area contributed by atoms with Gasteiger partial charge < -0.3 is 14.8 Å². The first kappa shape index (κ1) is 19.8. The number of hydrogen-bond acceptors (Lipinski definition) is 6. The van der Waals surface area contributed by atoms with E-state index in [0.29, 0.717) is 22.4 Å². The number of carbonyl (C=O) groups is 1. The van der Waals surface area contributed by atoms with Crippen LogP contribution < -0.4 is 14.8 Å². The van der Waals surface area contributed by atoms with E-state index in [1.165, 1.54) is 17.3 Å².